The molecule has 0 saturated heterocycles. The van der Waals surface area contributed by atoms with Gasteiger partial charge >= 0.3 is 0 Å². The molecule has 1 aliphatic rings. The number of aryl methyl sites for hydroxylation is 1. The van der Waals surface area contributed by atoms with Crippen molar-refractivity contribution in [2.75, 3.05) is 11.1 Å². The van der Waals surface area contributed by atoms with Gasteiger partial charge in [0.1, 0.15) is 12.9 Å². The summed E-state index contributed by atoms with van der Waals surface area (Å²) in [6, 6.07) is 5.53. The summed E-state index contributed by atoms with van der Waals surface area (Å²) in [6.45, 7) is 1.88. The van der Waals surface area contributed by atoms with E-state index in [1.807, 2.05) is 6.92 Å². The maximum Gasteiger partial charge on any atom is 0.251 e. The number of nitrogen functional groups attached to an aromatic ring is 1. The number of benzene rings is 1. The van der Waals surface area contributed by atoms with Crippen molar-refractivity contribution in [3.63, 3.8) is 0 Å². The fraction of sp³-hybridized carbons (Fsp3) is 0.412. The van der Waals surface area contributed by atoms with Crippen molar-refractivity contribution in [2.24, 2.45) is 0 Å². The fourth-order valence-corrected chi connectivity index (χ4v) is 3.01. The fourth-order valence-electron chi connectivity index (χ4n) is 3.01. The van der Waals surface area contributed by atoms with Crippen LogP contribution in [0.4, 0.5) is 11.6 Å². The van der Waals surface area contributed by atoms with Crippen LogP contribution in [-0.4, -0.2) is 32.6 Å². The van der Waals surface area contributed by atoms with Gasteiger partial charge in [0.25, 0.3) is 5.91 Å². The highest BCUT2D eigenvalue weighted by Gasteiger charge is 2.18. The summed E-state index contributed by atoms with van der Waals surface area (Å²) < 4.78 is 1.36. The van der Waals surface area contributed by atoms with Crippen molar-refractivity contribution < 1.29 is 9.59 Å². The van der Waals surface area contributed by atoms with Crippen molar-refractivity contribution in [3.8, 4) is 0 Å². The molecule has 132 valence electrons. The van der Waals surface area contributed by atoms with Crippen LogP contribution in [-0.2, 0) is 11.3 Å². The third-order valence-electron chi connectivity index (χ3n) is 4.31. The van der Waals surface area contributed by atoms with Crippen LogP contribution in [0, 0.1) is 6.92 Å². The summed E-state index contributed by atoms with van der Waals surface area (Å²) in [7, 11) is 0. The highest BCUT2D eigenvalue weighted by molar-refractivity contribution is 5.96. The molecule has 1 aliphatic carbocycles. The van der Waals surface area contributed by atoms with Gasteiger partial charge in [-0.25, -0.2) is 9.67 Å². The molecular weight excluding hydrogens is 320 g/mol. The van der Waals surface area contributed by atoms with Gasteiger partial charge in [0, 0.05) is 17.3 Å². The van der Waals surface area contributed by atoms with Gasteiger partial charge in [-0.3, -0.25) is 9.59 Å². The van der Waals surface area contributed by atoms with Crippen LogP contribution in [0.1, 0.15) is 41.6 Å². The number of nitrogens with one attached hydrogen (secondary N) is 2. The second-order valence-corrected chi connectivity index (χ2v) is 6.33. The number of nitrogens with zero attached hydrogens (tertiary/aromatic N) is 3. The van der Waals surface area contributed by atoms with Gasteiger partial charge in [0.05, 0.1) is 0 Å². The van der Waals surface area contributed by atoms with Crippen molar-refractivity contribution >= 4 is 23.5 Å². The molecule has 25 heavy (non-hydrogen) atoms. The summed E-state index contributed by atoms with van der Waals surface area (Å²) in [4.78, 5) is 28.1. The van der Waals surface area contributed by atoms with E-state index in [-0.39, 0.29) is 30.3 Å². The van der Waals surface area contributed by atoms with Gasteiger partial charge in [0.15, 0.2) is 0 Å². The van der Waals surface area contributed by atoms with E-state index in [9.17, 15) is 9.59 Å². The topological polar surface area (TPSA) is 115 Å². The zero-order valence-electron chi connectivity index (χ0n) is 14.2. The Balaban J connectivity index is 1.60. The predicted octanol–water partition coefficient (Wildman–Crippen LogP) is 1.48. The highest BCUT2D eigenvalue weighted by Crippen LogP contribution is 2.20. The molecule has 2 amide bonds. The molecule has 0 aliphatic heterocycles. The molecule has 4 N–H and O–H groups in total. The van der Waals surface area contributed by atoms with Crippen LogP contribution in [0.3, 0.4) is 0 Å². The minimum absolute atomic E-state index is 0.0214. The lowest BCUT2D eigenvalue weighted by molar-refractivity contribution is -0.116. The Kier molecular flexibility index (Phi) is 4.97. The summed E-state index contributed by atoms with van der Waals surface area (Å²) in [5.74, 6) is -0.177. The van der Waals surface area contributed by atoms with E-state index in [0.29, 0.717) is 11.3 Å². The van der Waals surface area contributed by atoms with Crippen molar-refractivity contribution in [2.45, 2.75) is 45.2 Å². The first-order valence-corrected chi connectivity index (χ1v) is 8.37. The summed E-state index contributed by atoms with van der Waals surface area (Å²) in [6.07, 6.45) is 5.84. The zero-order valence-corrected chi connectivity index (χ0v) is 14.2. The molecule has 1 heterocycles. The molecular formula is C17H22N6O2. The average molecular weight is 342 g/mol. The number of anilines is 2. The maximum atomic E-state index is 12.3. The van der Waals surface area contributed by atoms with E-state index in [2.05, 4.69) is 20.7 Å². The number of aromatic nitrogens is 3. The number of amides is 2. The number of nitrogens with two attached hydrogens (primary N) is 1. The van der Waals surface area contributed by atoms with E-state index in [4.69, 9.17) is 5.73 Å². The molecule has 8 nitrogen and oxygen atoms in total. The molecule has 1 aromatic heterocycles. The Labute approximate surface area is 145 Å². The average Bonchev–Trinajstić information content (AvgIpc) is 3.21. The molecule has 1 saturated carbocycles. The van der Waals surface area contributed by atoms with Gasteiger partial charge < -0.3 is 16.4 Å². The number of hydrogen-bond acceptors (Lipinski definition) is 5. The minimum atomic E-state index is -0.240. The lowest BCUT2D eigenvalue weighted by Crippen LogP contribution is -2.32. The van der Waals surface area contributed by atoms with Crippen molar-refractivity contribution in [1.29, 1.82) is 0 Å². The second kappa shape index (κ2) is 7.33. The molecule has 1 fully saturated rings. The Morgan fingerprint density at radius 1 is 1.32 bits per heavy atom. The largest absolute Gasteiger partial charge is 0.367 e. The molecule has 3 rings (SSSR count). The summed E-state index contributed by atoms with van der Waals surface area (Å²) in [5, 5.41) is 9.74. The maximum absolute atomic E-state index is 12.3. The first-order valence-electron chi connectivity index (χ1n) is 8.37. The number of carbonyl (C=O) groups is 2. The number of hydrogen-bond donors (Lipinski definition) is 3. The smallest absolute Gasteiger partial charge is 0.251 e. The van der Waals surface area contributed by atoms with Gasteiger partial charge in [-0.2, -0.15) is 0 Å². The standard InChI is InChI=1S/C17H22N6O2/c1-11-8-12(16(25)20-13-4-2-3-5-13)6-7-14(11)21-15(24)9-23-10-19-17(18)22-23/h6-8,10,13H,2-5,9H2,1H3,(H2,18,22)(H,20,25)(H,21,24). The molecule has 0 atom stereocenters. The van der Waals surface area contributed by atoms with Crippen LogP contribution in [0.15, 0.2) is 24.5 Å². The quantitative estimate of drug-likeness (QED) is 0.761. The molecule has 0 unspecified atom stereocenters. The number of rotatable bonds is 5. The van der Waals surface area contributed by atoms with Gasteiger partial charge in [0.2, 0.25) is 11.9 Å². The Bertz CT molecular complexity index is 779. The van der Waals surface area contributed by atoms with Crippen LogP contribution in [0.25, 0.3) is 0 Å². The SMILES string of the molecule is Cc1cc(C(=O)NC2CCCC2)ccc1NC(=O)Cn1cnc(N)n1. The number of carbonyl (C=O) groups excluding carboxylic acids is 2. The van der Waals surface area contributed by atoms with Gasteiger partial charge in [-0.1, -0.05) is 12.8 Å². The Morgan fingerprint density at radius 2 is 2.08 bits per heavy atom. The summed E-state index contributed by atoms with van der Waals surface area (Å²) in [5.41, 5.74) is 7.51. The van der Waals surface area contributed by atoms with Crippen LogP contribution in [0.5, 0.6) is 0 Å². The normalized spacial score (nSPS) is 14.4. The Morgan fingerprint density at radius 3 is 2.72 bits per heavy atom. The summed E-state index contributed by atoms with van der Waals surface area (Å²) >= 11 is 0. The monoisotopic (exact) mass is 342 g/mol. The molecule has 1 aromatic carbocycles. The minimum Gasteiger partial charge on any atom is -0.367 e. The molecule has 8 heteroatoms. The van der Waals surface area contributed by atoms with Crippen molar-refractivity contribution in [1.82, 2.24) is 20.1 Å². The lowest BCUT2D eigenvalue weighted by Gasteiger charge is -2.13. The Hall–Kier alpha value is -2.90. The first kappa shape index (κ1) is 16.9. The third-order valence-corrected chi connectivity index (χ3v) is 4.31. The zero-order chi connectivity index (χ0) is 17.8. The van der Waals surface area contributed by atoms with Gasteiger partial charge in [-0.15, -0.1) is 5.10 Å². The van der Waals surface area contributed by atoms with E-state index in [0.717, 1.165) is 18.4 Å². The molecule has 2 aromatic rings. The van der Waals surface area contributed by atoms with Gasteiger partial charge in [-0.05, 0) is 43.5 Å². The van der Waals surface area contributed by atoms with Crippen LogP contribution >= 0.6 is 0 Å². The lowest BCUT2D eigenvalue weighted by atomic mass is 10.1. The van der Waals surface area contributed by atoms with Crippen LogP contribution < -0.4 is 16.4 Å². The second-order valence-electron chi connectivity index (χ2n) is 6.33. The van der Waals surface area contributed by atoms with E-state index < -0.39 is 0 Å². The first-order chi connectivity index (χ1) is 12.0. The predicted molar refractivity (Wildman–Crippen MR) is 94.0 cm³/mol. The third kappa shape index (κ3) is 4.34. The van der Waals surface area contributed by atoms with E-state index in [1.165, 1.54) is 23.9 Å². The van der Waals surface area contributed by atoms with Crippen LogP contribution in [0.2, 0.25) is 0 Å². The molecule has 0 spiro atoms. The molecule has 0 radical (unpaired) electrons. The highest BCUT2D eigenvalue weighted by atomic mass is 16.2. The van der Waals surface area contributed by atoms with E-state index >= 15 is 0 Å². The van der Waals surface area contributed by atoms with E-state index in [1.54, 1.807) is 18.2 Å². The van der Waals surface area contributed by atoms with Crippen molar-refractivity contribution in [3.05, 3.63) is 35.7 Å². The molecule has 0 bridgehead atoms.